The van der Waals surface area contributed by atoms with Gasteiger partial charge in [-0.25, -0.2) is 0 Å². The van der Waals surface area contributed by atoms with Crippen molar-refractivity contribution in [2.75, 3.05) is 13.7 Å². The number of carboxylic acids is 1. The number of aryl methyl sites for hydroxylation is 1. The molecular weight excluding hydrogens is 334 g/mol. The Bertz CT molecular complexity index is 830. The first kappa shape index (κ1) is 18.0. The van der Waals surface area contributed by atoms with Gasteiger partial charge in [0.15, 0.2) is 0 Å². The number of ether oxygens (including phenoxy) is 1. The van der Waals surface area contributed by atoms with Gasteiger partial charge in [-0.2, -0.15) is 5.10 Å². The minimum absolute atomic E-state index is 0.0203. The lowest BCUT2D eigenvalue weighted by Crippen LogP contribution is -2.32. The topological polar surface area (TPSA) is 84.7 Å². The molecule has 1 aromatic heterocycles. The van der Waals surface area contributed by atoms with Crippen LogP contribution in [-0.2, 0) is 23.1 Å². The second-order valence-electron chi connectivity index (χ2n) is 6.59. The largest absolute Gasteiger partial charge is 0.497 e. The molecule has 0 aliphatic carbocycles. The van der Waals surface area contributed by atoms with Gasteiger partial charge in [0.2, 0.25) is 5.91 Å². The second kappa shape index (κ2) is 7.19. The fourth-order valence-electron chi connectivity index (χ4n) is 3.54. The highest BCUT2D eigenvalue weighted by Crippen LogP contribution is 2.39. The van der Waals surface area contributed by atoms with Crippen molar-refractivity contribution in [3.8, 4) is 5.75 Å². The molecular formula is C19H23N3O4. The van der Waals surface area contributed by atoms with E-state index in [1.165, 1.54) is 0 Å². The van der Waals surface area contributed by atoms with Crippen molar-refractivity contribution in [1.29, 1.82) is 0 Å². The first-order valence-electron chi connectivity index (χ1n) is 8.56. The average molecular weight is 357 g/mol. The van der Waals surface area contributed by atoms with Gasteiger partial charge in [-0.3, -0.25) is 14.3 Å². The van der Waals surface area contributed by atoms with Gasteiger partial charge in [0.25, 0.3) is 0 Å². The summed E-state index contributed by atoms with van der Waals surface area (Å²) in [7, 11) is 3.42. The second-order valence-corrected chi connectivity index (χ2v) is 6.59. The highest BCUT2D eigenvalue weighted by molar-refractivity contribution is 5.87. The van der Waals surface area contributed by atoms with Crippen molar-refractivity contribution >= 4 is 11.9 Å². The van der Waals surface area contributed by atoms with Crippen LogP contribution >= 0.6 is 0 Å². The van der Waals surface area contributed by atoms with Gasteiger partial charge < -0.3 is 14.7 Å². The number of likely N-dealkylation sites (tertiary alicyclic amines) is 1. The number of amides is 1. The lowest BCUT2D eigenvalue weighted by molar-refractivity contribution is -0.142. The Balaban J connectivity index is 1.86. The van der Waals surface area contributed by atoms with Gasteiger partial charge in [-0.1, -0.05) is 12.1 Å². The molecule has 0 saturated carbocycles. The molecule has 3 rings (SSSR count). The summed E-state index contributed by atoms with van der Waals surface area (Å²) in [6, 6.07) is 7.19. The number of hydrogen-bond acceptors (Lipinski definition) is 4. The Hall–Kier alpha value is -2.83. The monoisotopic (exact) mass is 357 g/mol. The SMILES string of the molecule is COc1cccc(CCN2C(=O)C[C@H](C(=O)O)[C@H]2c2cnn(C)c2C)c1. The van der Waals surface area contributed by atoms with Gasteiger partial charge in [-0.15, -0.1) is 0 Å². The zero-order chi connectivity index (χ0) is 18.8. The first-order valence-corrected chi connectivity index (χ1v) is 8.56. The van der Waals surface area contributed by atoms with Crippen molar-refractivity contribution < 1.29 is 19.4 Å². The molecule has 0 unspecified atom stereocenters. The van der Waals surface area contributed by atoms with Gasteiger partial charge in [0.05, 0.1) is 25.3 Å². The lowest BCUT2D eigenvalue weighted by atomic mass is 9.94. The maximum absolute atomic E-state index is 12.5. The van der Waals surface area contributed by atoms with Gasteiger partial charge in [-0.05, 0) is 31.0 Å². The van der Waals surface area contributed by atoms with Gasteiger partial charge >= 0.3 is 5.97 Å². The molecule has 1 aromatic carbocycles. The predicted molar refractivity (Wildman–Crippen MR) is 94.8 cm³/mol. The highest BCUT2D eigenvalue weighted by atomic mass is 16.5. The van der Waals surface area contributed by atoms with E-state index in [0.717, 1.165) is 22.6 Å². The number of aromatic nitrogens is 2. The summed E-state index contributed by atoms with van der Waals surface area (Å²) in [6.07, 6.45) is 2.32. The third kappa shape index (κ3) is 3.29. The molecule has 1 aliphatic heterocycles. The zero-order valence-electron chi connectivity index (χ0n) is 15.2. The fraction of sp³-hybridized carbons (Fsp3) is 0.421. The van der Waals surface area contributed by atoms with Crippen LogP contribution in [0.15, 0.2) is 30.5 Å². The van der Waals surface area contributed by atoms with Gasteiger partial charge in [0, 0.05) is 31.3 Å². The number of nitrogens with zero attached hydrogens (tertiary/aromatic N) is 3. The Morgan fingerprint density at radius 1 is 1.42 bits per heavy atom. The molecule has 7 nitrogen and oxygen atoms in total. The molecule has 2 aromatic rings. The molecule has 138 valence electrons. The minimum atomic E-state index is -0.949. The van der Waals surface area contributed by atoms with E-state index in [4.69, 9.17) is 4.74 Å². The summed E-state index contributed by atoms with van der Waals surface area (Å²) in [5, 5.41) is 13.8. The Morgan fingerprint density at radius 2 is 2.19 bits per heavy atom. The van der Waals surface area contributed by atoms with E-state index in [9.17, 15) is 14.7 Å². The van der Waals surface area contributed by atoms with Crippen LogP contribution in [0.2, 0.25) is 0 Å². The van der Waals surface area contributed by atoms with E-state index in [2.05, 4.69) is 5.10 Å². The maximum atomic E-state index is 12.5. The standard InChI is InChI=1S/C19H23N3O4/c1-12-16(11-20-21(12)2)18-15(19(24)25)10-17(23)22(18)8-7-13-5-4-6-14(9-13)26-3/h4-6,9,11,15,18H,7-8,10H2,1-3H3,(H,24,25)/t15-,18-/m0/s1. The summed E-state index contributed by atoms with van der Waals surface area (Å²) in [4.78, 5) is 26.0. The third-order valence-corrected chi connectivity index (χ3v) is 5.12. The van der Waals surface area contributed by atoms with Crippen LogP contribution < -0.4 is 4.74 Å². The molecule has 1 N–H and O–H groups in total. The zero-order valence-corrected chi connectivity index (χ0v) is 15.2. The number of benzene rings is 1. The number of carbonyl (C=O) groups is 2. The molecule has 1 aliphatic rings. The number of carbonyl (C=O) groups excluding carboxylic acids is 1. The molecule has 2 atom stereocenters. The Morgan fingerprint density at radius 3 is 2.81 bits per heavy atom. The van der Waals surface area contributed by atoms with Crippen LogP contribution in [0.4, 0.5) is 0 Å². The fourth-order valence-corrected chi connectivity index (χ4v) is 3.54. The van der Waals surface area contributed by atoms with Crippen LogP contribution in [0.5, 0.6) is 5.75 Å². The van der Waals surface area contributed by atoms with E-state index < -0.39 is 17.9 Å². The molecule has 1 fully saturated rings. The van der Waals surface area contributed by atoms with E-state index >= 15 is 0 Å². The Labute approximate surface area is 152 Å². The Kier molecular flexibility index (Phi) is 4.97. The summed E-state index contributed by atoms with van der Waals surface area (Å²) in [6.45, 7) is 2.35. The average Bonchev–Trinajstić information content (AvgIpc) is 3.13. The lowest BCUT2D eigenvalue weighted by Gasteiger charge is -2.27. The van der Waals surface area contributed by atoms with Crippen molar-refractivity contribution in [2.45, 2.75) is 25.8 Å². The van der Waals surface area contributed by atoms with Crippen molar-refractivity contribution in [2.24, 2.45) is 13.0 Å². The highest BCUT2D eigenvalue weighted by Gasteiger charge is 2.45. The summed E-state index contributed by atoms with van der Waals surface area (Å²) < 4.78 is 6.94. The van der Waals surface area contributed by atoms with E-state index in [0.29, 0.717) is 13.0 Å². The predicted octanol–water partition coefficient (Wildman–Crippen LogP) is 1.95. The normalized spacial score (nSPS) is 19.8. The molecule has 0 spiro atoms. The van der Waals surface area contributed by atoms with Gasteiger partial charge in [0.1, 0.15) is 5.75 Å². The van der Waals surface area contributed by atoms with Crippen LogP contribution in [0, 0.1) is 12.8 Å². The number of aliphatic carboxylic acids is 1. The van der Waals surface area contributed by atoms with Crippen molar-refractivity contribution in [3.63, 3.8) is 0 Å². The molecule has 0 bridgehead atoms. The van der Waals surface area contributed by atoms with Crippen LogP contribution in [0.25, 0.3) is 0 Å². The van der Waals surface area contributed by atoms with E-state index in [-0.39, 0.29) is 12.3 Å². The van der Waals surface area contributed by atoms with Crippen molar-refractivity contribution in [3.05, 3.63) is 47.3 Å². The number of hydrogen-bond donors (Lipinski definition) is 1. The molecule has 2 heterocycles. The van der Waals surface area contributed by atoms with Crippen molar-refractivity contribution in [1.82, 2.24) is 14.7 Å². The molecule has 0 radical (unpaired) electrons. The minimum Gasteiger partial charge on any atom is -0.497 e. The van der Waals surface area contributed by atoms with Crippen LogP contribution in [-0.4, -0.2) is 45.3 Å². The third-order valence-electron chi connectivity index (χ3n) is 5.12. The molecule has 1 saturated heterocycles. The summed E-state index contributed by atoms with van der Waals surface area (Å²) in [5.74, 6) is -1.07. The number of carboxylic acid groups (broad SMARTS) is 1. The number of rotatable bonds is 6. The van der Waals surface area contributed by atoms with Crippen LogP contribution in [0.1, 0.15) is 29.3 Å². The summed E-state index contributed by atoms with van der Waals surface area (Å²) >= 11 is 0. The smallest absolute Gasteiger partial charge is 0.309 e. The van der Waals surface area contributed by atoms with Crippen LogP contribution in [0.3, 0.4) is 0 Å². The van der Waals surface area contributed by atoms with E-state index in [1.807, 2.05) is 38.2 Å². The summed E-state index contributed by atoms with van der Waals surface area (Å²) in [5.41, 5.74) is 2.72. The van der Waals surface area contributed by atoms with E-state index in [1.54, 1.807) is 22.9 Å². The first-order chi connectivity index (χ1) is 12.4. The number of methoxy groups -OCH3 is 1. The molecule has 26 heavy (non-hydrogen) atoms. The maximum Gasteiger partial charge on any atom is 0.309 e. The quantitative estimate of drug-likeness (QED) is 0.854. The molecule has 7 heteroatoms. The molecule has 1 amide bonds.